The Kier molecular flexibility index (Phi) is 11.1. The number of imide groups is 2. The van der Waals surface area contributed by atoms with Gasteiger partial charge in [0.25, 0.3) is 0 Å². The summed E-state index contributed by atoms with van der Waals surface area (Å²) < 4.78 is 0. The van der Waals surface area contributed by atoms with E-state index in [0.717, 1.165) is 103 Å². The van der Waals surface area contributed by atoms with Gasteiger partial charge in [-0.3, -0.25) is 38.8 Å². The second kappa shape index (κ2) is 14.9. The molecule has 2 heterocycles. The van der Waals surface area contributed by atoms with Crippen LogP contribution < -0.4 is 11.5 Å². The molecule has 10 nitrogen and oxygen atoms in total. The van der Waals surface area contributed by atoms with Crippen molar-refractivity contribution < 1.29 is 19.2 Å². The number of hydrogen-bond donors (Lipinski definition) is 2. The number of nitrogens with two attached hydrogens (primary N) is 2. The fraction of sp³-hybridized carbons (Fsp3) is 0.892. The van der Waals surface area contributed by atoms with Gasteiger partial charge in [-0.15, -0.1) is 0 Å². The van der Waals surface area contributed by atoms with E-state index in [1.54, 1.807) is 0 Å². The minimum Gasteiger partial charge on any atom is -0.308 e. The molecule has 1 atom stereocenters. The quantitative estimate of drug-likeness (QED) is 0.351. The Labute approximate surface area is 282 Å². The lowest BCUT2D eigenvalue weighted by Gasteiger charge is -2.54. The molecule has 6 aliphatic rings. The summed E-state index contributed by atoms with van der Waals surface area (Å²) in [6, 6.07) is -0.187. The average molecular weight is 655 g/mol. The molecular formula is C37H62N6O4. The van der Waals surface area contributed by atoms with Gasteiger partial charge in [-0.2, -0.15) is 0 Å². The molecule has 2 aliphatic heterocycles. The lowest BCUT2D eigenvalue weighted by Crippen LogP contribution is -2.74. The van der Waals surface area contributed by atoms with Crippen molar-refractivity contribution in [3.63, 3.8) is 0 Å². The number of rotatable bonds is 9. The number of carbonyl (C=O) groups is 4. The van der Waals surface area contributed by atoms with Crippen LogP contribution >= 0.6 is 0 Å². The third kappa shape index (κ3) is 6.95. The van der Waals surface area contributed by atoms with Gasteiger partial charge >= 0.3 is 0 Å². The molecule has 10 heteroatoms. The van der Waals surface area contributed by atoms with Crippen molar-refractivity contribution in [3.8, 4) is 0 Å². The van der Waals surface area contributed by atoms with E-state index in [1.165, 1.54) is 35.5 Å². The maximum Gasteiger partial charge on any atom is 0.244 e. The van der Waals surface area contributed by atoms with Crippen molar-refractivity contribution >= 4 is 23.6 Å². The number of piperazine rings is 2. The SMILES string of the molecule is CC(CN1CC(=O)N(C(N)(C2CCCCC2)C2CCCCC2)C(=O)C1)N1CC(=O)N(C(N)(C2CCCCC2)C2CCCCC2)C(=O)C1. The van der Waals surface area contributed by atoms with Gasteiger partial charge in [-0.25, -0.2) is 0 Å². The maximum absolute atomic E-state index is 13.9. The largest absolute Gasteiger partial charge is 0.308 e. The number of nitrogens with zero attached hydrogens (tertiary/aromatic N) is 4. The lowest BCUT2D eigenvalue weighted by molar-refractivity contribution is -0.172. The Morgan fingerprint density at radius 3 is 1.09 bits per heavy atom. The van der Waals surface area contributed by atoms with Gasteiger partial charge in [0, 0.05) is 12.6 Å². The third-order valence-electron chi connectivity index (χ3n) is 13.3. The summed E-state index contributed by atoms with van der Waals surface area (Å²) in [6.45, 7) is 2.93. The van der Waals surface area contributed by atoms with E-state index in [2.05, 4.69) is 0 Å². The van der Waals surface area contributed by atoms with Crippen molar-refractivity contribution in [2.45, 2.75) is 153 Å². The van der Waals surface area contributed by atoms with E-state index >= 15 is 0 Å². The molecule has 1 unspecified atom stereocenters. The smallest absolute Gasteiger partial charge is 0.244 e. The van der Waals surface area contributed by atoms with Crippen LogP contribution in [0.2, 0.25) is 0 Å². The van der Waals surface area contributed by atoms with Crippen molar-refractivity contribution in [2.75, 3.05) is 32.7 Å². The highest BCUT2D eigenvalue weighted by Gasteiger charge is 2.55. The van der Waals surface area contributed by atoms with Gasteiger partial charge in [0.05, 0.1) is 26.2 Å². The average Bonchev–Trinajstić information content (AvgIpc) is 3.09. The van der Waals surface area contributed by atoms with Crippen molar-refractivity contribution in [1.29, 1.82) is 0 Å². The predicted molar refractivity (Wildman–Crippen MR) is 181 cm³/mol. The molecule has 4 amide bonds. The second-order valence-corrected chi connectivity index (χ2v) is 16.3. The molecule has 4 N–H and O–H groups in total. The van der Waals surface area contributed by atoms with Crippen LogP contribution in [0.15, 0.2) is 0 Å². The first-order valence-electron chi connectivity index (χ1n) is 19.4. The van der Waals surface area contributed by atoms with Gasteiger partial charge in [0.2, 0.25) is 23.6 Å². The lowest BCUT2D eigenvalue weighted by atomic mass is 9.68. The fourth-order valence-electron chi connectivity index (χ4n) is 10.9. The van der Waals surface area contributed by atoms with E-state index in [0.29, 0.717) is 6.54 Å². The van der Waals surface area contributed by atoms with Gasteiger partial charge < -0.3 is 11.5 Å². The first-order chi connectivity index (χ1) is 22.6. The third-order valence-corrected chi connectivity index (χ3v) is 13.3. The molecular weight excluding hydrogens is 592 g/mol. The topological polar surface area (TPSA) is 133 Å². The summed E-state index contributed by atoms with van der Waals surface area (Å²) in [4.78, 5) is 62.5. The zero-order valence-electron chi connectivity index (χ0n) is 29.1. The van der Waals surface area contributed by atoms with E-state index in [9.17, 15) is 19.2 Å². The highest BCUT2D eigenvalue weighted by molar-refractivity contribution is 6.01. The number of amides is 4. The molecule has 0 radical (unpaired) electrons. The maximum atomic E-state index is 13.9. The summed E-state index contributed by atoms with van der Waals surface area (Å²) in [5.74, 6) is -0.171. The Balaban J connectivity index is 1.12. The second-order valence-electron chi connectivity index (χ2n) is 16.3. The Morgan fingerprint density at radius 1 is 0.511 bits per heavy atom. The molecule has 0 bridgehead atoms. The Morgan fingerprint density at radius 2 is 0.787 bits per heavy atom. The monoisotopic (exact) mass is 654 g/mol. The number of carbonyl (C=O) groups excluding carboxylic acids is 4. The standard InChI is InChI=1S/C37H62N6O4/c1-27(41-25-34(46)43(35(47)26-41)37(39,30-18-10-4-11-19-30)31-20-12-5-13-21-31)22-40-23-32(44)42(33(45)24-40)36(38,28-14-6-2-7-15-28)29-16-8-3-9-17-29/h27-31H,2-26,38-39H2,1H3. The van der Waals surface area contributed by atoms with Crippen molar-refractivity contribution in [3.05, 3.63) is 0 Å². The predicted octanol–water partition coefficient (Wildman–Crippen LogP) is 4.35. The van der Waals surface area contributed by atoms with Crippen LogP contribution in [0.5, 0.6) is 0 Å². The molecule has 4 saturated carbocycles. The molecule has 0 aromatic carbocycles. The van der Waals surface area contributed by atoms with Crippen LogP contribution in [-0.2, 0) is 19.2 Å². The van der Waals surface area contributed by atoms with E-state index < -0.39 is 11.3 Å². The minimum absolute atomic E-state index is 0.127. The molecule has 6 rings (SSSR count). The molecule has 0 spiro atoms. The van der Waals surface area contributed by atoms with Crippen LogP contribution in [0, 0.1) is 23.7 Å². The summed E-state index contributed by atoms with van der Waals surface area (Å²) in [5.41, 5.74) is 12.8. The first kappa shape index (κ1) is 35.0. The summed E-state index contributed by atoms with van der Waals surface area (Å²) >= 11 is 0. The van der Waals surface area contributed by atoms with Crippen molar-refractivity contribution in [2.24, 2.45) is 35.1 Å². The highest BCUT2D eigenvalue weighted by atomic mass is 16.2. The van der Waals surface area contributed by atoms with E-state index in [-0.39, 0.29) is 79.5 Å². The van der Waals surface area contributed by atoms with Gasteiger partial charge in [0.1, 0.15) is 11.3 Å². The molecule has 0 aromatic heterocycles. The molecule has 264 valence electrons. The highest BCUT2D eigenvalue weighted by Crippen LogP contribution is 2.46. The first-order valence-corrected chi connectivity index (χ1v) is 19.4. The molecule has 6 fully saturated rings. The Bertz CT molecular complexity index is 1070. The van der Waals surface area contributed by atoms with Crippen LogP contribution in [0.3, 0.4) is 0 Å². The van der Waals surface area contributed by atoms with E-state index in [1.807, 2.05) is 16.7 Å². The van der Waals surface area contributed by atoms with Gasteiger partial charge in [0.15, 0.2) is 0 Å². The van der Waals surface area contributed by atoms with Crippen LogP contribution in [-0.4, -0.2) is 93.3 Å². The summed E-state index contributed by atoms with van der Waals surface area (Å²) in [6.07, 6.45) is 21.4. The van der Waals surface area contributed by atoms with Crippen LogP contribution in [0.1, 0.15) is 135 Å². The van der Waals surface area contributed by atoms with E-state index in [4.69, 9.17) is 11.5 Å². The zero-order valence-corrected chi connectivity index (χ0v) is 29.1. The van der Waals surface area contributed by atoms with Crippen molar-refractivity contribution in [1.82, 2.24) is 19.6 Å². The fourth-order valence-corrected chi connectivity index (χ4v) is 10.9. The van der Waals surface area contributed by atoms with Crippen LogP contribution in [0.4, 0.5) is 0 Å². The molecule has 2 saturated heterocycles. The van der Waals surface area contributed by atoms with Gasteiger partial charge in [-0.05, 0) is 82.0 Å². The molecule has 47 heavy (non-hydrogen) atoms. The normalized spacial score (nSPS) is 27.6. The molecule has 0 aromatic rings. The van der Waals surface area contributed by atoms with Gasteiger partial charge in [-0.1, -0.05) is 77.0 Å². The summed E-state index contributed by atoms with van der Waals surface area (Å²) in [7, 11) is 0. The number of hydrogen-bond acceptors (Lipinski definition) is 8. The summed E-state index contributed by atoms with van der Waals surface area (Å²) in [5, 5.41) is 0. The molecule has 4 aliphatic carbocycles. The Hall–Kier alpha value is -1.88. The zero-order chi connectivity index (χ0) is 33.2. The van der Waals surface area contributed by atoms with Crippen LogP contribution in [0.25, 0.3) is 0 Å². The minimum atomic E-state index is -0.912.